The Morgan fingerprint density at radius 3 is 2.24 bits per heavy atom. The van der Waals surface area contributed by atoms with E-state index >= 15 is 0 Å². The van der Waals surface area contributed by atoms with Crippen LogP contribution in [-0.2, 0) is 4.74 Å². The van der Waals surface area contributed by atoms with Gasteiger partial charge in [0.25, 0.3) is 5.95 Å². The number of likely N-dealkylation sites (N-methyl/N-ethyl adjacent to an activating group) is 1. The maximum absolute atomic E-state index is 6.09. The standard InChI is InChI=1S/C22H23NO2/c1-5-17-19(6-2)23(3)20-15-11-10-14-18(20)21(17)22(24-4)25-16-12-8-7-9-13-16/h5-15H,1-4H3/b17-5+,19-6+,22-21+. The van der Waals surface area contributed by atoms with Crippen molar-refractivity contribution in [3.05, 3.63) is 89.5 Å². The third-order valence-electron chi connectivity index (χ3n) is 4.35. The fourth-order valence-electron chi connectivity index (χ4n) is 3.21. The Morgan fingerprint density at radius 2 is 1.60 bits per heavy atom. The molecule has 0 amide bonds. The molecule has 0 saturated heterocycles. The van der Waals surface area contributed by atoms with Gasteiger partial charge in [-0.25, -0.2) is 0 Å². The van der Waals surface area contributed by atoms with E-state index in [1.165, 1.54) is 0 Å². The first kappa shape index (κ1) is 16.9. The van der Waals surface area contributed by atoms with E-state index in [9.17, 15) is 0 Å². The molecule has 3 rings (SSSR count). The molecular weight excluding hydrogens is 310 g/mol. The highest BCUT2D eigenvalue weighted by atomic mass is 16.7. The Bertz CT molecular complexity index is 847. The third kappa shape index (κ3) is 3.05. The van der Waals surface area contributed by atoms with Crippen LogP contribution in [0.5, 0.6) is 5.75 Å². The summed E-state index contributed by atoms with van der Waals surface area (Å²) in [6, 6.07) is 18.0. The van der Waals surface area contributed by atoms with Crippen LogP contribution in [0.1, 0.15) is 19.4 Å². The maximum Gasteiger partial charge on any atom is 0.293 e. The first-order valence-electron chi connectivity index (χ1n) is 8.39. The van der Waals surface area contributed by atoms with Crippen LogP contribution in [0.3, 0.4) is 0 Å². The van der Waals surface area contributed by atoms with Gasteiger partial charge in [-0.3, -0.25) is 0 Å². The van der Waals surface area contributed by atoms with Gasteiger partial charge in [0.15, 0.2) is 0 Å². The SMILES string of the molecule is C/C=C1C(=C/C)\N(C)c2ccccc2C\1=C(/OC)Oc1ccccc1. The first-order valence-corrected chi connectivity index (χ1v) is 8.39. The lowest BCUT2D eigenvalue weighted by molar-refractivity contribution is 0.154. The lowest BCUT2D eigenvalue weighted by atomic mass is 9.89. The van der Waals surface area contributed by atoms with Crippen LogP contribution in [0.2, 0.25) is 0 Å². The van der Waals surface area contributed by atoms with Gasteiger partial charge in [0, 0.05) is 29.6 Å². The number of hydrogen-bond donors (Lipinski definition) is 0. The quantitative estimate of drug-likeness (QED) is 0.704. The summed E-state index contributed by atoms with van der Waals surface area (Å²) in [5.74, 6) is 1.25. The number of ether oxygens (including phenoxy) is 2. The normalized spacial score (nSPS) is 19.0. The van der Waals surface area contributed by atoms with Crippen LogP contribution in [-0.4, -0.2) is 14.2 Å². The molecule has 2 aromatic rings. The molecule has 3 heteroatoms. The van der Waals surface area contributed by atoms with Crippen molar-refractivity contribution >= 4 is 11.3 Å². The van der Waals surface area contributed by atoms with E-state index in [4.69, 9.17) is 9.47 Å². The van der Waals surface area contributed by atoms with Crippen LogP contribution in [0.4, 0.5) is 5.69 Å². The molecule has 1 aliphatic rings. The molecule has 0 aromatic heterocycles. The molecule has 25 heavy (non-hydrogen) atoms. The molecule has 0 atom stereocenters. The summed E-state index contributed by atoms with van der Waals surface area (Å²) in [4.78, 5) is 2.20. The molecule has 0 N–H and O–H groups in total. The maximum atomic E-state index is 6.09. The van der Waals surface area contributed by atoms with Gasteiger partial charge < -0.3 is 14.4 Å². The summed E-state index contributed by atoms with van der Waals surface area (Å²) < 4.78 is 11.8. The van der Waals surface area contributed by atoms with Crippen LogP contribution in [0.15, 0.2) is 84.0 Å². The minimum Gasteiger partial charge on any atom is -0.468 e. The molecule has 0 spiro atoms. The summed E-state index contributed by atoms with van der Waals surface area (Å²) in [5, 5.41) is 0. The van der Waals surface area contributed by atoms with Crippen molar-refractivity contribution in [1.82, 2.24) is 0 Å². The Morgan fingerprint density at radius 1 is 0.920 bits per heavy atom. The number of nitrogens with zero attached hydrogens (tertiary/aromatic N) is 1. The third-order valence-corrected chi connectivity index (χ3v) is 4.35. The second-order valence-electron chi connectivity index (χ2n) is 5.73. The number of allylic oxidation sites excluding steroid dienone is 3. The summed E-state index contributed by atoms with van der Waals surface area (Å²) in [6.45, 7) is 4.09. The molecule has 1 aliphatic heterocycles. The van der Waals surface area contributed by atoms with E-state index in [2.05, 4.69) is 36.2 Å². The molecule has 0 unspecified atom stereocenters. The van der Waals surface area contributed by atoms with Crippen LogP contribution in [0, 0.1) is 0 Å². The van der Waals surface area contributed by atoms with Crippen molar-refractivity contribution in [3.8, 4) is 5.75 Å². The van der Waals surface area contributed by atoms with E-state index in [-0.39, 0.29) is 0 Å². The molecule has 1 heterocycles. The lowest BCUT2D eigenvalue weighted by Crippen LogP contribution is -2.25. The number of benzene rings is 2. The fourth-order valence-corrected chi connectivity index (χ4v) is 3.21. The van der Waals surface area contributed by atoms with Crippen molar-refractivity contribution < 1.29 is 9.47 Å². The van der Waals surface area contributed by atoms with Gasteiger partial charge in [-0.2, -0.15) is 0 Å². The smallest absolute Gasteiger partial charge is 0.293 e. The number of methoxy groups -OCH3 is 1. The number of hydrogen-bond acceptors (Lipinski definition) is 3. The number of para-hydroxylation sites is 2. The Labute approximate surface area is 149 Å². The van der Waals surface area contributed by atoms with Crippen molar-refractivity contribution in [2.75, 3.05) is 19.1 Å². The minimum atomic E-state index is 0.499. The van der Waals surface area contributed by atoms with Crippen LogP contribution in [0.25, 0.3) is 5.57 Å². The van der Waals surface area contributed by atoms with E-state index in [1.807, 2.05) is 56.3 Å². The van der Waals surface area contributed by atoms with Crippen molar-refractivity contribution in [2.24, 2.45) is 0 Å². The van der Waals surface area contributed by atoms with Gasteiger partial charge in [0.1, 0.15) is 5.75 Å². The molecule has 0 aliphatic carbocycles. The van der Waals surface area contributed by atoms with E-state index in [0.29, 0.717) is 5.95 Å². The highest BCUT2D eigenvalue weighted by molar-refractivity contribution is 5.95. The largest absolute Gasteiger partial charge is 0.468 e. The van der Waals surface area contributed by atoms with Gasteiger partial charge in [-0.05, 0) is 32.0 Å². The number of rotatable bonds is 3. The van der Waals surface area contributed by atoms with Crippen molar-refractivity contribution in [3.63, 3.8) is 0 Å². The van der Waals surface area contributed by atoms with Crippen molar-refractivity contribution in [1.29, 1.82) is 0 Å². The molecule has 0 bridgehead atoms. The van der Waals surface area contributed by atoms with Crippen LogP contribution >= 0.6 is 0 Å². The highest BCUT2D eigenvalue weighted by Gasteiger charge is 2.29. The van der Waals surface area contributed by atoms with Gasteiger partial charge in [0.05, 0.1) is 12.7 Å². The molecule has 2 aromatic carbocycles. The van der Waals surface area contributed by atoms with Crippen LogP contribution < -0.4 is 9.64 Å². The molecule has 0 fully saturated rings. The zero-order valence-electron chi connectivity index (χ0n) is 15.1. The lowest BCUT2D eigenvalue weighted by Gasteiger charge is -2.34. The van der Waals surface area contributed by atoms with Gasteiger partial charge >= 0.3 is 0 Å². The first-order chi connectivity index (χ1) is 12.2. The fraction of sp³-hybridized carbons (Fsp3) is 0.182. The van der Waals surface area contributed by atoms with E-state index < -0.39 is 0 Å². The Balaban J connectivity index is 2.24. The molecule has 128 valence electrons. The molecular formula is C22H23NO2. The van der Waals surface area contributed by atoms with Gasteiger partial charge in [-0.15, -0.1) is 0 Å². The summed E-state index contributed by atoms with van der Waals surface area (Å²) in [6.07, 6.45) is 4.21. The summed E-state index contributed by atoms with van der Waals surface area (Å²) in [7, 11) is 3.73. The van der Waals surface area contributed by atoms with Gasteiger partial charge in [0.2, 0.25) is 0 Å². The number of anilines is 1. The zero-order valence-corrected chi connectivity index (χ0v) is 15.1. The average molecular weight is 333 g/mol. The zero-order chi connectivity index (χ0) is 17.8. The topological polar surface area (TPSA) is 21.7 Å². The molecule has 3 nitrogen and oxygen atoms in total. The Hall–Kier alpha value is -2.94. The predicted molar refractivity (Wildman–Crippen MR) is 103 cm³/mol. The summed E-state index contributed by atoms with van der Waals surface area (Å²) >= 11 is 0. The molecule has 0 saturated carbocycles. The minimum absolute atomic E-state index is 0.499. The van der Waals surface area contributed by atoms with Crippen molar-refractivity contribution in [2.45, 2.75) is 13.8 Å². The summed E-state index contributed by atoms with van der Waals surface area (Å²) in [5.41, 5.74) is 5.41. The highest BCUT2D eigenvalue weighted by Crippen LogP contribution is 2.44. The Kier molecular flexibility index (Phi) is 4.94. The van der Waals surface area contributed by atoms with E-state index in [1.54, 1.807) is 7.11 Å². The average Bonchev–Trinajstić information content (AvgIpc) is 2.67. The predicted octanol–water partition coefficient (Wildman–Crippen LogP) is 5.38. The van der Waals surface area contributed by atoms with Gasteiger partial charge in [-0.1, -0.05) is 48.6 Å². The number of fused-ring (bicyclic) bond motifs is 1. The monoisotopic (exact) mass is 333 g/mol. The second-order valence-corrected chi connectivity index (χ2v) is 5.73. The molecule has 0 radical (unpaired) electrons. The second kappa shape index (κ2) is 7.31. The van der Waals surface area contributed by atoms with E-state index in [0.717, 1.165) is 33.8 Å².